The molecule has 0 saturated heterocycles. The third-order valence-electron chi connectivity index (χ3n) is 3.30. The number of hydrogen-bond donors (Lipinski definition) is 1. The molecule has 1 amide bonds. The Morgan fingerprint density at radius 2 is 1.54 bits per heavy atom. The number of anilines is 1. The molecule has 0 fully saturated rings. The summed E-state index contributed by atoms with van der Waals surface area (Å²) in [4.78, 5) is 24.1. The van der Waals surface area contributed by atoms with E-state index in [1.807, 2.05) is 19.1 Å². The van der Waals surface area contributed by atoms with Gasteiger partial charge in [-0.15, -0.1) is 0 Å². The first-order chi connectivity index (χ1) is 11.5. The fourth-order valence-electron chi connectivity index (χ4n) is 2.09. The summed E-state index contributed by atoms with van der Waals surface area (Å²) in [6, 6.07) is 12.2. The lowest BCUT2D eigenvalue weighted by Gasteiger charge is -2.12. The highest BCUT2D eigenvalue weighted by Crippen LogP contribution is 2.28. The SMILES string of the molecule is COc1cccc(OC)c1C(=O)OCC(=O)Nc1ccc(C)cc1. The van der Waals surface area contributed by atoms with Crippen LogP contribution in [0, 0.1) is 6.92 Å². The summed E-state index contributed by atoms with van der Waals surface area (Å²) in [6.07, 6.45) is 0. The van der Waals surface area contributed by atoms with Crippen LogP contribution in [0.1, 0.15) is 15.9 Å². The summed E-state index contributed by atoms with van der Waals surface area (Å²) in [5, 5.41) is 2.65. The first-order valence-corrected chi connectivity index (χ1v) is 7.29. The van der Waals surface area contributed by atoms with E-state index < -0.39 is 18.5 Å². The highest BCUT2D eigenvalue weighted by atomic mass is 16.5. The minimum Gasteiger partial charge on any atom is -0.496 e. The van der Waals surface area contributed by atoms with Gasteiger partial charge in [0.1, 0.15) is 17.1 Å². The van der Waals surface area contributed by atoms with E-state index in [2.05, 4.69) is 5.32 Å². The molecule has 2 aromatic rings. The van der Waals surface area contributed by atoms with Crippen LogP contribution in [0.3, 0.4) is 0 Å². The molecule has 0 radical (unpaired) electrons. The average Bonchev–Trinajstić information content (AvgIpc) is 2.60. The minimum atomic E-state index is -0.691. The molecule has 0 spiro atoms. The third kappa shape index (κ3) is 4.25. The lowest BCUT2D eigenvalue weighted by Crippen LogP contribution is -2.21. The second-order valence-corrected chi connectivity index (χ2v) is 5.03. The number of esters is 1. The molecule has 6 heteroatoms. The number of carbonyl (C=O) groups excluding carboxylic acids is 2. The monoisotopic (exact) mass is 329 g/mol. The summed E-state index contributed by atoms with van der Waals surface area (Å²) in [6.45, 7) is 1.54. The van der Waals surface area contributed by atoms with Crippen LogP contribution in [-0.4, -0.2) is 32.7 Å². The van der Waals surface area contributed by atoms with Gasteiger partial charge < -0.3 is 19.5 Å². The van der Waals surface area contributed by atoms with E-state index >= 15 is 0 Å². The second-order valence-electron chi connectivity index (χ2n) is 5.03. The van der Waals surface area contributed by atoms with Crippen molar-refractivity contribution in [1.29, 1.82) is 0 Å². The first kappa shape index (κ1) is 17.3. The van der Waals surface area contributed by atoms with E-state index in [-0.39, 0.29) is 5.56 Å². The zero-order chi connectivity index (χ0) is 17.5. The van der Waals surface area contributed by atoms with Gasteiger partial charge in [-0.1, -0.05) is 23.8 Å². The smallest absolute Gasteiger partial charge is 0.346 e. The van der Waals surface area contributed by atoms with Crippen LogP contribution in [0.4, 0.5) is 5.69 Å². The minimum absolute atomic E-state index is 0.144. The number of hydrogen-bond acceptors (Lipinski definition) is 5. The molecule has 1 N–H and O–H groups in total. The zero-order valence-corrected chi connectivity index (χ0v) is 13.8. The Morgan fingerprint density at radius 1 is 0.958 bits per heavy atom. The molecular formula is C18H19NO5. The van der Waals surface area contributed by atoms with Gasteiger partial charge in [0.25, 0.3) is 5.91 Å². The van der Waals surface area contributed by atoms with Crippen molar-refractivity contribution in [3.8, 4) is 11.5 Å². The number of benzene rings is 2. The maximum Gasteiger partial charge on any atom is 0.346 e. The maximum atomic E-state index is 12.2. The molecular weight excluding hydrogens is 310 g/mol. The third-order valence-corrected chi connectivity index (χ3v) is 3.30. The quantitative estimate of drug-likeness (QED) is 0.825. The molecule has 0 aliphatic rings. The highest BCUT2D eigenvalue weighted by molar-refractivity contribution is 5.98. The summed E-state index contributed by atoms with van der Waals surface area (Å²) in [5.74, 6) is -0.485. The van der Waals surface area contributed by atoms with Crippen molar-refractivity contribution < 1.29 is 23.8 Å². The van der Waals surface area contributed by atoms with E-state index in [0.717, 1.165) is 5.56 Å². The van der Waals surface area contributed by atoms with E-state index in [4.69, 9.17) is 14.2 Å². The lowest BCUT2D eigenvalue weighted by molar-refractivity contribution is -0.119. The Kier molecular flexibility index (Phi) is 5.78. The number of amides is 1. The normalized spacial score (nSPS) is 9.96. The zero-order valence-electron chi connectivity index (χ0n) is 13.8. The van der Waals surface area contributed by atoms with Crippen molar-refractivity contribution in [1.82, 2.24) is 0 Å². The van der Waals surface area contributed by atoms with Crippen molar-refractivity contribution in [2.75, 3.05) is 26.1 Å². The van der Waals surface area contributed by atoms with Crippen molar-refractivity contribution in [2.24, 2.45) is 0 Å². The van der Waals surface area contributed by atoms with Gasteiger partial charge in [-0.2, -0.15) is 0 Å². The first-order valence-electron chi connectivity index (χ1n) is 7.29. The van der Waals surface area contributed by atoms with Crippen LogP contribution < -0.4 is 14.8 Å². The van der Waals surface area contributed by atoms with E-state index in [1.54, 1.807) is 30.3 Å². The Balaban J connectivity index is 2.00. The fourth-order valence-corrected chi connectivity index (χ4v) is 2.09. The molecule has 0 aliphatic heterocycles. The number of nitrogens with one attached hydrogen (secondary N) is 1. The number of carbonyl (C=O) groups is 2. The van der Waals surface area contributed by atoms with Crippen LogP contribution in [0.25, 0.3) is 0 Å². The van der Waals surface area contributed by atoms with Crippen molar-refractivity contribution in [3.63, 3.8) is 0 Å². The van der Waals surface area contributed by atoms with Crippen LogP contribution in [0.5, 0.6) is 11.5 Å². The van der Waals surface area contributed by atoms with Gasteiger partial charge in [0.05, 0.1) is 14.2 Å². The van der Waals surface area contributed by atoms with Crippen molar-refractivity contribution in [2.45, 2.75) is 6.92 Å². The van der Waals surface area contributed by atoms with Crippen molar-refractivity contribution >= 4 is 17.6 Å². The number of aryl methyl sites for hydroxylation is 1. The van der Waals surface area contributed by atoms with Gasteiger partial charge >= 0.3 is 5.97 Å². The molecule has 0 aliphatic carbocycles. The molecule has 2 aromatic carbocycles. The largest absolute Gasteiger partial charge is 0.496 e. The molecule has 0 saturated carbocycles. The standard InChI is InChI=1S/C18H19NO5/c1-12-7-9-13(10-8-12)19-16(20)11-24-18(21)17-14(22-2)5-4-6-15(17)23-3/h4-10H,11H2,1-3H3,(H,19,20). The summed E-state index contributed by atoms with van der Waals surface area (Å²) >= 11 is 0. The average molecular weight is 329 g/mol. The van der Waals surface area contributed by atoms with Crippen LogP contribution in [0.2, 0.25) is 0 Å². The molecule has 0 aromatic heterocycles. The van der Waals surface area contributed by atoms with Gasteiger partial charge in [0.15, 0.2) is 6.61 Å². The number of methoxy groups -OCH3 is 2. The Morgan fingerprint density at radius 3 is 2.08 bits per heavy atom. The van der Waals surface area contributed by atoms with Gasteiger partial charge in [-0.3, -0.25) is 4.79 Å². The molecule has 2 rings (SSSR count). The number of rotatable bonds is 6. The Hall–Kier alpha value is -3.02. The molecule has 0 atom stereocenters. The molecule has 0 heterocycles. The predicted molar refractivity (Wildman–Crippen MR) is 89.6 cm³/mol. The van der Waals surface area contributed by atoms with Crippen LogP contribution in [0.15, 0.2) is 42.5 Å². The van der Waals surface area contributed by atoms with E-state index in [9.17, 15) is 9.59 Å². The number of ether oxygens (including phenoxy) is 3. The topological polar surface area (TPSA) is 73.9 Å². The van der Waals surface area contributed by atoms with Gasteiger partial charge in [0, 0.05) is 5.69 Å². The van der Waals surface area contributed by atoms with Crippen LogP contribution >= 0.6 is 0 Å². The molecule has 0 bridgehead atoms. The molecule has 126 valence electrons. The Bertz CT molecular complexity index is 702. The molecule has 24 heavy (non-hydrogen) atoms. The van der Waals surface area contributed by atoms with E-state index in [1.165, 1.54) is 14.2 Å². The predicted octanol–water partition coefficient (Wildman–Crippen LogP) is 2.81. The van der Waals surface area contributed by atoms with E-state index in [0.29, 0.717) is 17.2 Å². The maximum absolute atomic E-state index is 12.2. The fraction of sp³-hybridized carbons (Fsp3) is 0.222. The summed E-state index contributed by atoms with van der Waals surface area (Å²) in [7, 11) is 2.88. The summed E-state index contributed by atoms with van der Waals surface area (Å²) < 4.78 is 15.3. The van der Waals surface area contributed by atoms with Gasteiger partial charge in [-0.05, 0) is 31.2 Å². The highest BCUT2D eigenvalue weighted by Gasteiger charge is 2.20. The lowest BCUT2D eigenvalue weighted by atomic mass is 10.2. The second kappa shape index (κ2) is 8.01. The molecule has 6 nitrogen and oxygen atoms in total. The van der Waals surface area contributed by atoms with Crippen LogP contribution in [-0.2, 0) is 9.53 Å². The summed E-state index contributed by atoms with van der Waals surface area (Å²) in [5.41, 5.74) is 1.87. The molecule has 0 unspecified atom stereocenters. The van der Waals surface area contributed by atoms with Gasteiger partial charge in [0.2, 0.25) is 0 Å². The van der Waals surface area contributed by atoms with Crippen molar-refractivity contribution in [3.05, 3.63) is 53.6 Å². The van der Waals surface area contributed by atoms with Gasteiger partial charge in [-0.25, -0.2) is 4.79 Å². The Labute approximate surface area is 140 Å².